The van der Waals surface area contributed by atoms with Gasteiger partial charge in [-0.25, -0.2) is 0 Å². The highest BCUT2D eigenvalue weighted by Crippen LogP contribution is 2.26. The number of hydrogen-bond donors (Lipinski definition) is 2. The number of nitrogens with one attached hydrogen (secondary N) is 1. The molecule has 1 aliphatic rings. The number of aliphatic carboxylic acids is 1. The molecule has 20 heavy (non-hydrogen) atoms. The average Bonchev–Trinajstić information content (AvgIpc) is 2.87. The second-order valence-corrected chi connectivity index (χ2v) is 5.58. The third-order valence-electron chi connectivity index (χ3n) is 4.08. The van der Waals surface area contributed by atoms with Crippen LogP contribution in [0.5, 0.6) is 0 Å². The molecular formula is C15H22N2O3. The van der Waals surface area contributed by atoms with Gasteiger partial charge in [-0.2, -0.15) is 0 Å². The van der Waals surface area contributed by atoms with Gasteiger partial charge in [0.1, 0.15) is 12.2 Å². The number of nitrogens with zero attached hydrogens (tertiary/aromatic N) is 1. The standard InChI is InChI=1S/C15H22N2O3/c1-11(12-6-3-2-4-7-12)16-15(20)13-8-5-9-17(13)10-14(18)19/h5,8-9,11-12H,2-4,6-7,10H2,1H3,(H,16,20)(H,18,19). The number of carboxylic acid groups (broad SMARTS) is 1. The molecule has 5 nitrogen and oxygen atoms in total. The monoisotopic (exact) mass is 278 g/mol. The summed E-state index contributed by atoms with van der Waals surface area (Å²) in [6, 6.07) is 3.49. The van der Waals surface area contributed by atoms with Gasteiger partial charge in [0.05, 0.1) is 0 Å². The predicted molar refractivity (Wildman–Crippen MR) is 75.6 cm³/mol. The lowest BCUT2D eigenvalue weighted by atomic mass is 9.84. The van der Waals surface area contributed by atoms with Gasteiger partial charge in [0.25, 0.3) is 5.91 Å². The van der Waals surface area contributed by atoms with Gasteiger partial charge in [-0.05, 0) is 37.8 Å². The molecule has 0 aliphatic heterocycles. The van der Waals surface area contributed by atoms with Crippen LogP contribution in [0, 0.1) is 5.92 Å². The highest BCUT2D eigenvalue weighted by atomic mass is 16.4. The minimum atomic E-state index is -0.949. The highest BCUT2D eigenvalue weighted by molar-refractivity contribution is 5.93. The summed E-state index contributed by atoms with van der Waals surface area (Å²) in [6.45, 7) is 1.85. The molecule has 1 heterocycles. The summed E-state index contributed by atoms with van der Waals surface area (Å²) in [5, 5.41) is 11.8. The third kappa shape index (κ3) is 3.62. The first-order chi connectivity index (χ1) is 9.58. The first-order valence-electron chi connectivity index (χ1n) is 7.25. The Morgan fingerprint density at radius 3 is 2.75 bits per heavy atom. The van der Waals surface area contributed by atoms with E-state index in [2.05, 4.69) is 5.32 Å². The maximum absolute atomic E-state index is 12.2. The summed E-state index contributed by atoms with van der Waals surface area (Å²) in [4.78, 5) is 23.0. The molecule has 1 fully saturated rings. The van der Waals surface area contributed by atoms with E-state index in [0.29, 0.717) is 11.6 Å². The Labute approximate surface area is 119 Å². The average molecular weight is 278 g/mol. The molecule has 1 aliphatic carbocycles. The maximum Gasteiger partial charge on any atom is 0.323 e. The first-order valence-corrected chi connectivity index (χ1v) is 7.25. The minimum absolute atomic E-state index is 0.135. The van der Waals surface area contributed by atoms with Crippen LogP contribution in [-0.2, 0) is 11.3 Å². The summed E-state index contributed by atoms with van der Waals surface area (Å²) >= 11 is 0. The Morgan fingerprint density at radius 1 is 1.40 bits per heavy atom. The Morgan fingerprint density at radius 2 is 2.10 bits per heavy atom. The molecule has 0 aromatic carbocycles. The van der Waals surface area contributed by atoms with Crippen molar-refractivity contribution in [1.29, 1.82) is 0 Å². The van der Waals surface area contributed by atoms with Crippen molar-refractivity contribution >= 4 is 11.9 Å². The number of carbonyl (C=O) groups excluding carboxylic acids is 1. The number of rotatable bonds is 5. The van der Waals surface area contributed by atoms with E-state index in [0.717, 1.165) is 12.8 Å². The van der Waals surface area contributed by atoms with Crippen molar-refractivity contribution in [3.63, 3.8) is 0 Å². The number of amides is 1. The topological polar surface area (TPSA) is 71.3 Å². The van der Waals surface area contributed by atoms with Gasteiger partial charge in [0, 0.05) is 12.2 Å². The lowest BCUT2D eigenvalue weighted by Crippen LogP contribution is -2.39. The minimum Gasteiger partial charge on any atom is -0.480 e. The van der Waals surface area contributed by atoms with E-state index in [9.17, 15) is 9.59 Å². The SMILES string of the molecule is CC(NC(=O)c1cccn1CC(=O)O)C1CCCCC1. The Kier molecular flexibility index (Phi) is 4.82. The number of carbonyl (C=O) groups is 2. The quantitative estimate of drug-likeness (QED) is 0.868. The van der Waals surface area contributed by atoms with E-state index in [1.165, 1.54) is 23.8 Å². The van der Waals surface area contributed by atoms with E-state index in [1.807, 2.05) is 6.92 Å². The largest absolute Gasteiger partial charge is 0.480 e. The van der Waals surface area contributed by atoms with Gasteiger partial charge in [0.15, 0.2) is 0 Å². The number of aromatic nitrogens is 1. The summed E-state index contributed by atoms with van der Waals surface area (Å²) in [5.74, 6) is -0.597. The fraction of sp³-hybridized carbons (Fsp3) is 0.600. The molecule has 1 unspecified atom stereocenters. The van der Waals surface area contributed by atoms with E-state index < -0.39 is 5.97 Å². The second-order valence-electron chi connectivity index (χ2n) is 5.58. The fourth-order valence-electron chi connectivity index (χ4n) is 2.94. The van der Waals surface area contributed by atoms with Crippen molar-refractivity contribution < 1.29 is 14.7 Å². The number of hydrogen-bond acceptors (Lipinski definition) is 2. The lowest BCUT2D eigenvalue weighted by Gasteiger charge is -2.28. The third-order valence-corrected chi connectivity index (χ3v) is 4.08. The molecule has 2 rings (SSSR count). The molecule has 1 aromatic heterocycles. The molecule has 1 aromatic rings. The molecule has 110 valence electrons. The van der Waals surface area contributed by atoms with Crippen LogP contribution in [-0.4, -0.2) is 27.6 Å². The Hall–Kier alpha value is -1.78. The summed E-state index contributed by atoms with van der Waals surface area (Å²) in [5.41, 5.74) is 0.412. The lowest BCUT2D eigenvalue weighted by molar-refractivity contribution is -0.137. The zero-order chi connectivity index (χ0) is 14.5. The number of carboxylic acids is 1. The molecule has 1 saturated carbocycles. The first kappa shape index (κ1) is 14.6. The van der Waals surface area contributed by atoms with Gasteiger partial charge >= 0.3 is 5.97 Å². The highest BCUT2D eigenvalue weighted by Gasteiger charge is 2.22. The second kappa shape index (κ2) is 6.59. The molecular weight excluding hydrogens is 256 g/mol. The molecule has 1 amide bonds. The Bertz CT molecular complexity index is 475. The van der Waals surface area contributed by atoms with Crippen molar-refractivity contribution in [1.82, 2.24) is 9.88 Å². The van der Waals surface area contributed by atoms with Crippen LogP contribution in [0.25, 0.3) is 0 Å². The molecule has 0 spiro atoms. The summed E-state index contributed by atoms with van der Waals surface area (Å²) < 4.78 is 1.46. The van der Waals surface area contributed by atoms with Crippen molar-refractivity contribution in [2.24, 2.45) is 5.92 Å². The van der Waals surface area contributed by atoms with Crippen molar-refractivity contribution in [3.8, 4) is 0 Å². The zero-order valence-electron chi connectivity index (χ0n) is 11.8. The summed E-state index contributed by atoms with van der Waals surface area (Å²) in [6.07, 6.45) is 7.71. The van der Waals surface area contributed by atoms with Gasteiger partial charge in [-0.1, -0.05) is 19.3 Å². The van der Waals surface area contributed by atoms with Crippen molar-refractivity contribution in [2.45, 2.75) is 51.6 Å². The maximum atomic E-state index is 12.2. The molecule has 1 atom stereocenters. The van der Waals surface area contributed by atoms with Crippen LogP contribution in [0.3, 0.4) is 0 Å². The van der Waals surface area contributed by atoms with Gasteiger partial charge in [-0.15, -0.1) is 0 Å². The molecule has 2 N–H and O–H groups in total. The van der Waals surface area contributed by atoms with Crippen molar-refractivity contribution in [2.75, 3.05) is 0 Å². The van der Waals surface area contributed by atoms with Crippen molar-refractivity contribution in [3.05, 3.63) is 24.0 Å². The Balaban J connectivity index is 1.97. The van der Waals surface area contributed by atoms with E-state index in [1.54, 1.807) is 18.3 Å². The predicted octanol–water partition coefficient (Wildman–Crippen LogP) is 2.27. The van der Waals surface area contributed by atoms with Gasteiger partial charge in [-0.3, -0.25) is 9.59 Å². The fourth-order valence-corrected chi connectivity index (χ4v) is 2.94. The zero-order valence-corrected chi connectivity index (χ0v) is 11.8. The van der Waals surface area contributed by atoms with Gasteiger partial charge in [0.2, 0.25) is 0 Å². The van der Waals surface area contributed by atoms with E-state index in [-0.39, 0.29) is 18.5 Å². The molecule has 5 heteroatoms. The van der Waals surface area contributed by atoms with Crippen LogP contribution in [0.2, 0.25) is 0 Å². The van der Waals surface area contributed by atoms with E-state index >= 15 is 0 Å². The smallest absolute Gasteiger partial charge is 0.323 e. The van der Waals surface area contributed by atoms with Gasteiger partial charge < -0.3 is 15.0 Å². The summed E-state index contributed by atoms with van der Waals surface area (Å²) in [7, 11) is 0. The van der Waals surface area contributed by atoms with E-state index in [4.69, 9.17) is 5.11 Å². The van der Waals surface area contributed by atoms with Crippen LogP contribution in [0.4, 0.5) is 0 Å². The van der Waals surface area contributed by atoms with Crippen LogP contribution >= 0.6 is 0 Å². The van der Waals surface area contributed by atoms with Crippen LogP contribution in [0.1, 0.15) is 49.5 Å². The molecule has 0 saturated heterocycles. The molecule has 0 radical (unpaired) electrons. The van der Waals surface area contributed by atoms with Crippen LogP contribution in [0.15, 0.2) is 18.3 Å². The normalized spacial score (nSPS) is 17.6. The molecule has 0 bridgehead atoms. The van der Waals surface area contributed by atoms with Crippen LogP contribution < -0.4 is 5.32 Å².